The SMILES string of the molecule is COC1CC(N=Cc2cc(-c3sc(CC(N)CCCNC=O)cc3-c3ccc(C#N)c(F)c3)ccc2N)C1. The molecule has 0 spiro atoms. The first kappa shape index (κ1) is 27.5. The van der Waals surface area contributed by atoms with Gasteiger partial charge >= 0.3 is 0 Å². The first-order valence-electron chi connectivity index (χ1n) is 12.6. The molecule has 0 bridgehead atoms. The van der Waals surface area contributed by atoms with Crippen LogP contribution < -0.4 is 16.8 Å². The van der Waals surface area contributed by atoms with Gasteiger partial charge in [-0.15, -0.1) is 11.3 Å². The number of aliphatic imine (C=N–C) groups is 1. The van der Waals surface area contributed by atoms with Gasteiger partial charge in [0.05, 0.1) is 17.7 Å². The van der Waals surface area contributed by atoms with E-state index in [0.29, 0.717) is 30.6 Å². The predicted molar refractivity (Wildman–Crippen MR) is 151 cm³/mol. The lowest BCUT2D eigenvalue weighted by Crippen LogP contribution is -2.33. The molecular formula is C29H32FN5O2S. The second-order valence-electron chi connectivity index (χ2n) is 9.55. The number of nitrogens with one attached hydrogen (secondary N) is 1. The number of methoxy groups -OCH3 is 1. The standard InChI is InChI=1S/C29H32FN5O2S/c1-37-24-12-23(13-24)35-16-21-9-19(6-7-28(21)33)29-26(18-4-5-20(15-31)27(30)10-18)14-25(38-29)11-22(32)3-2-8-34-17-36/h4-7,9-10,14,16-17,22-24H,2-3,8,11-13,32-33H2,1H3,(H,34,36). The highest BCUT2D eigenvalue weighted by atomic mass is 32.1. The highest BCUT2D eigenvalue weighted by Crippen LogP contribution is 2.41. The molecule has 9 heteroatoms. The van der Waals surface area contributed by atoms with E-state index in [1.807, 2.05) is 36.5 Å². The third-order valence-corrected chi connectivity index (χ3v) is 8.01. The first-order valence-corrected chi connectivity index (χ1v) is 13.4. The van der Waals surface area contributed by atoms with Crippen LogP contribution >= 0.6 is 11.3 Å². The average Bonchev–Trinajstić information content (AvgIpc) is 3.30. The van der Waals surface area contributed by atoms with Crippen LogP contribution in [0.25, 0.3) is 21.6 Å². The minimum absolute atomic E-state index is 0.00870. The fourth-order valence-corrected chi connectivity index (χ4v) is 5.76. The maximum atomic E-state index is 14.6. The average molecular weight is 534 g/mol. The van der Waals surface area contributed by atoms with Crippen LogP contribution in [-0.2, 0) is 16.0 Å². The molecule has 1 saturated carbocycles. The monoisotopic (exact) mass is 533 g/mol. The molecule has 4 rings (SSSR count). The molecule has 1 fully saturated rings. The first-order chi connectivity index (χ1) is 18.4. The number of nitrogen functional groups attached to an aromatic ring is 1. The summed E-state index contributed by atoms with van der Waals surface area (Å²) >= 11 is 1.61. The van der Waals surface area contributed by atoms with E-state index in [-0.39, 0.29) is 23.8 Å². The molecule has 1 atom stereocenters. The molecule has 38 heavy (non-hydrogen) atoms. The highest BCUT2D eigenvalue weighted by Gasteiger charge is 2.28. The van der Waals surface area contributed by atoms with Gasteiger partial charge in [0.1, 0.15) is 11.9 Å². The number of amides is 1. The van der Waals surface area contributed by atoms with E-state index < -0.39 is 5.82 Å². The number of nitriles is 1. The Morgan fingerprint density at radius 1 is 1.26 bits per heavy atom. The number of carbonyl (C=O) groups excluding carboxylic acids is 1. The smallest absolute Gasteiger partial charge is 0.207 e. The molecule has 1 aromatic heterocycles. The summed E-state index contributed by atoms with van der Waals surface area (Å²) in [6.07, 6.45) is 6.81. The van der Waals surface area contributed by atoms with Crippen LogP contribution in [0.15, 0.2) is 47.5 Å². The number of rotatable bonds is 12. The van der Waals surface area contributed by atoms with Crippen molar-refractivity contribution >= 4 is 29.6 Å². The van der Waals surface area contributed by atoms with Crippen molar-refractivity contribution in [3.63, 3.8) is 0 Å². The molecule has 7 nitrogen and oxygen atoms in total. The van der Waals surface area contributed by atoms with Gasteiger partial charge in [-0.25, -0.2) is 4.39 Å². The highest BCUT2D eigenvalue weighted by molar-refractivity contribution is 7.16. The summed E-state index contributed by atoms with van der Waals surface area (Å²) in [5.74, 6) is -0.553. The summed E-state index contributed by atoms with van der Waals surface area (Å²) in [5, 5.41) is 11.8. The third-order valence-electron chi connectivity index (χ3n) is 6.80. The normalized spacial score (nSPS) is 17.6. The van der Waals surface area contributed by atoms with E-state index in [9.17, 15) is 9.18 Å². The van der Waals surface area contributed by atoms with Crippen molar-refractivity contribution in [2.24, 2.45) is 10.7 Å². The molecule has 1 amide bonds. The molecule has 0 radical (unpaired) electrons. The van der Waals surface area contributed by atoms with Crippen molar-refractivity contribution in [3.05, 3.63) is 64.3 Å². The molecule has 0 aliphatic heterocycles. The maximum Gasteiger partial charge on any atom is 0.207 e. The molecule has 1 heterocycles. The van der Waals surface area contributed by atoms with Crippen LogP contribution in [0, 0.1) is 17.1 Å². The van der Waals surface area contributed by atoms with Crippen LogP contribution in [0.1, 0.15) is 41.7 Å². The summed E-state index contributed by atoms with van der Waals surface area (Å²) in [6.45, 7) is 0.589. The summed E-state index contributed by atoms with van der Waals surface area (Å²) in [4.78, 5) is 17.2. The summed E-state index contributed by atoms with van der Waals surface area (Å²) in [6, 6.07) is 14.6. The Labute approximate surface area is 226 Å². The minimum Gasteiger partial charge on any atom is -0.398 e. The van der Waals surface area contributed by atoms with Crippen molar-refractivity contribution in [1.82, 2.24) is 5.32 Å². The number of carbonyl (C=O) groups is 1. The molecule has 0 saturated heterocycles. The number of anilines is 1. The largest absolute Gasteiger partial charge is 0.398 e. The number of nitrogens with zero attached hydrogens (tertiary/aromatic N) is 2. The molecule has 3 aromatic rings. The van der Waals surface area contributed by atoms with Crippen molar-refractivity contribution in [2.75, 3.05) is 19.4 Å². The zero-order chi connectivity index (χ0) is 27.1. The van der Waals surface area contributed by atoms with Crippen LogP contribution in [0.4, 0.5) is 10.1 Å². The quantitative estimate of drug-likeness (QED) is 0.135. The van der Waals surface area contributed by atoms with E-state index in [1.54, 1.807) is 24.5 Å². The van der Waals surface area contributed by atoms with Gasteiger partial charge < -0.3 is 21.5 Å². The Balaban J connectivity index is 1.64. The number of halogens is 1. The number of nitrogens with two attached hydrogens (primary N) is 2. The van der Waals surface area contributed by atoms with E-state index in [4.69, 9.17) is 21.5 Å². The fraction of sp³-hybridized carbons (Fsp3) is 0.345. The zero-order valence-corrected chi connectivity index (χ0v) is 22.1. The van der Waals surface area contributed by atoms with Gasteiger partial charge in [0.25, 0.3) is 0 Å². The number of hydrogen-bond donors (Lipinski definition) is 3. The van der Waals surface area contributed by atoms with E-state index in [2.05, 4.69) is 10.3 Å². The minimum atomic E-state index is -0.553. The van der Waals surface area contributed by atoms with Crippen LogP contribution in [0.2, 0.25) is 0 Å². The summed E-state index contributed by atoms with van der Waals surface area (Å²) in [5.41, 5.74) is 16.6. The Kier molecular flexibility index (Phi) is 9.24. The lowest BCUT2D eigenvalue weighted by atomic mass is 9.90. The maximum absolute atomic E-state index is 14.6. The Morgan fingerprint density at radius 2 is 2.05 bits per heavy atom. The second kappa shape index (κ2) is 12.8. The van der Waals surface area contributed by atoms with Gasteiger partial charge in [-0.3, -0.25) is 9.79 Å². The van der Waals surface area contributed by atoms with Crippen molar-refractivity contribution in [1.29, 1.82) is 5.26 Å². The third kappa shape index (κ3) is 6.64. The van der Waals surface area contributed by atoms with Gasteiger partial charge in [-0.2, -0.15) is 5.26 Å². The van der Waals surface area contributed by atoms with Crippen LogP contribution in [0.5, 0.6) is 0 Å². The van der Waals surface area contributed by atoms with E-state index in [0.717, 1.165) is 52.1 Å². The number of benzene rings is 2. The van der Waals surface area contributed by atoms with Crippen LogP contribution in [0.3, 0.4) is 0 Å². The molecule has 1 aliphatic rings. The molecule has 2 aromatic carbocycles. The van der Waals surface area contributed by atoms with Gasteiger partial charge in [0.15, 0.2) is 0 Å². The Hall–Kier alpha value is -3.58. The Bertz CT molecular complexity index is 1340. The molecule has 198 valence electrons. The lowest BCUT2D eigenvalue weighted by molar-refractivity contribution is -0.109. The van der Waals surface area contributed by atoms with E-state index >= 15 is 0 Å². The summed E-state index contributed by atoms with van der Waals surface area (Å²) < 4.78 is 19.9. The molecule has 5 N–H and O–H groups in total. The van der Waals surface area contributed by atoms with Crippen molar-refractivity contribution in [3.8, 4) is 27.6 Å². The Morgan fingerprint density at radius 3 is 2.76 bits per heavy atom. The number of thiophene rings is 1. The molecule has 1 aliphatic carbocycles. The summed E-state index contributed by atoms with van der Waals surface area (Å²) in [7, 11) is 1.72. The zero-order valence-electron chi connectivity index (χ0n) is 21.3. The van der Waals surface area contributed by atoms with Crippen molar-refractivity contribution in [2.45, 2.75) is 50.3 Å². The number of hydrogen-bond acceptors (Lipinski definition) is 7. The van der Waals surface area contributed by atoms with Crippen LogP contribution in [-0.4, -0.2) is 44.5 Å². The van der Waals surface area contributed by atoms with Crippen molar-refractivity contribution < 1.29 is 13.9 Å². The van der Waals surface area contributed by atoms with Gasteiger partial charge in [-0.1, -0.05) is 12.1 Å². The lowest BCUT2D eigenvalue weighted by Gasteiger charge is -2.30. The topological polar surface area (TPSA) is 127 Å². The molecular weight excluding hydrogens is 501 g/mol. The van der Waals surface area contributed by atoms with Gasteiger partial charge in [0, 0.05) is 52.5 Å². The van der Waals surface area contributed by atoms with Gasteiger partial charge in [-0.05, 0) is 73.6 Å². The second-order valence-corrected chi connectivity index (χ2v) is 10.7. The van der Waals surface area contributed by atoms with Gasteiger partial charge in [0.2, 0.25) is 6.41 Å². The molecule has 1 unspecified atom stereocenters. The fourth-order valence-electron chi connectivity index (χ4n) is 4.50. The van der Waals surface area contributed by atoms with E-state index in [1.165, 1.54) is 12.1 Å². The number of ether oxygens (including phenoxy) is 1. The predicted octanol–water partition coefficient (Wildman–Crippen LogP) is 4.67.